The number of pyridine rings is 2. The van der Waals surface area contributed by atoms with Crippen molar-refractivity contribution in [3.05, 3.63) is 118 Å². The Balaban J connectivity index is 1.22. The van der Waals surface area contributed by atoms with Gasteiger partial charge >= 0.3 is 0 Å². The number of fused-ring (bicyclic) bond motifs is 2. The van der Waals surface area contributed by atoms with Crippen LogP contribution in [0.4, 0.5) is 0 Å². The molecular formula is C24H18N8O2. The van der Waals surface area contributed by atoms with Gasteiger partial charge in [-0.05, 0) is 24.3 Å². The second-order valence-electron chi connectivity index (χ2n) is 7.88. The predicted molar refractivity (Wildman–Crippen MR) is 125 cm³/mol. The van der Waals surface area contributed by atoms with Crippen LogP contribution in [0.15, 0.2) is 95.3 Å². The van der Waals surface area contributed by atoms with Crippen molar-refractivity contribution in [1.82, 2.24) is 38.3 Å². The zero-order valence-corrected chi connectivity index (χ0v) is 17.9. The molecule has 10 nitrogen and oxygen atoms in total. The standard InChI is InChI=1S/C24H18N8O2/c33-23-9-19(27-21-5-1-3-7-31(21)23)15-29-13-17(11-25-29)18-12-26-30(14-18)16-20-10-24(34)32-8-4-2-6-22(32)28-20/h1-14H,15-16H2. The van der Waals surface area contributed by atoms with Gasteiger partial charge in [-0.3, -0.25) is 27.8 Å². The van der Waals surface area contributed by atoms with Gasteiger partial charge in [0.2, 0.25) is 0 Å². The summed E-state index contributed by atoms with van der Waals surface area (Å²) >= 11 is 0. The van der Waals surface area contributed by atoms with E-state index >= 15 is 0 Å². The highest BCUT2D eigenvalue weighted by Crippen LogP contribution is 2.18. The highest BCUT2D eigenvalue weighted by Gasteiger charge is 2.09. The molecule has 0 saturated carbocycles. The average Bonchev–Trinajstić information content (AvgIpc) is 3.49. The van der Waals surface area contributed by atoms with Crippen LogP contribution in [0.25, 0.3) is 22.4 Å². The molecule has 10 heteroatoms. The normalized spacial score (nSPS) is 11.4. The largest absolute Gasteiger partial charge is 0.269 e. The fraction of sp³-hybridized carbons (Fsp3) is 0.0833. The van der Waals surface area contributed by atoms with E-state index in [1.54, 1.807) is 58.4 Å². The Hall–Kier alpha value is -4.86. The molecule has 0 radical (unpaired) electrons. The van der Waals surface area contributed by atoms with E-state index in [0.29, 0.717) is 35.8 Å². The van der Waals surface area contributed by atoms with E-state index in [1.165, 1.54) is 20.9 Å². The number of rotatable bonds is 5. The minimum atomic E-state index is -0.129. The number of hydrogen-bond donors (Lipinski definition) is 0. The molecule has 166 valence electrons. The van der Waals surface area contributed by atoms with Crippen LogP contribution in [0.5, 0.6) is 0 Å². The summed E-state index contributed by atoms with van der Waals surface area (Å²) in [5.41, 5.74) is 3.98. The van der Waals surface area contributed by atoms with Crippen molar-refractivity contribution < 1.29 is 0 Å². The number of aromatic nitrogens is 8. The topological polar surface area (TPSA) is 104 Å². The average molecular weight is 450 g/mol. The van der Waals surface area contributed by atoms with E-state index in [-0.39, 0.29) is 11.1 Å². The first kappa shape index (κ1) is 19.8. The summed E-state index contributed by atoms with van der Waals surface area (Å²) in [6.45, 7) is 0.749. The maximum absolute atomic E-state index is 12.3. The van der Waals surface area contributed by atoms with Gasteiger partial charge in [0, 0.05) is 48.0 Å². The maximum atomic E-state index is 12.3. The summed E-state index contributed by atoms with van der Waals surface area (Å²) in [7, 11) is 0. The van der Waals surface area contributed by atoms with Gasteiger partial charge < -0.3 is 0 Å². The Labute approximate surface area is 192 Å². The Kier molecular flexibility index (Phi) is 4.61. The minimum Gasteiger partial charge on any atom is -0.269 e. The summed E-state index contributed by atoms with van der Waals surface area (Å²) in [6, 6.07) is 13.9. The van der Waals surface area contributed by atoms with Gasteiger partial charge in [-0.2, -0.15) is 10.2 Å². The van der Waals surface area contributed by atoms with E-state index in [4.69, 9.17) is 0 Å². The lowest BCUT2D eigenvalue weighted by molar-refractivity contribution is 0.670. The zero-order chi connectivity index (χ0) is 23.1. The van der Waals surface area contributed by atoms with Crippen molar-refractivity contribution in [3.63, 3.8) is 0 Å². The smallest absolute Gasteiger partial charge is 0.258 e. The summed E-state index contributed by atoms with van der Waals surface area (Å²) in [5.74, 6) is 0. The second kappa shape index (κ2) is 7.93. The van der Waals surface area contributed by atoms with Crippen LogP contribution in [0.3, 0.4) is 0 Å². The molecule has 0 spiro atoms. The lowest BCUT2D eigenvalue weighted by atomic mass is 10.2. The van der Waals surface area contributed by atoms with E-state index in [9.17, 15) is 9.59 Å². The molecule has 6 aromatic heterocycles. The summed E-state index contributed by atoms with van der Waals surface area (Å²) in [6.07, 6.45) is 10.7. The third kappa shape index (κ3) is 3.66. The molecule has 6 heterocycles. The molecule has 0 atom stereocenters. The predicted octanol–water partition coefficient (Wildman–Crippen LogP) is 1.86. The quantitative estimate of drug-likeness (QED) is 0.397. The first-order valence-corrected chi connectivity index (χ1v) is 10.6. The van der Waals surface area contributed by atoms with Crippen LogP contribution in [0.2, 0.25) is 0 Å². The molecule has 6 aromatic rings. The van der Waals surface area contributed by atoms with Gasteiger partial charge in [0.15, 0.2) is 0 Å². The molecule has 0 unspecified atom stereocenters. The zero-order valence-electron chi connectivity index (χ0n) is 17.9. The van der Waals surface area contributed by atoms with Crippen LogP contribution < -0.4 is 11.1 Å². The Morgan fingerprint density at radius 2 is 1.12 bits per heavy atom. The number of nitrogens with zero attached hydrogens (tertiary/aromatic N) is 8. The Morgan fingerprint density at radius 3 is 1.59 bits per heavy atom. The first-order valence-electron chi connectivity index (χ1n) is 10.6. The van der Waals surface area contributed by atoms with Crippen molar-refractivity contribution in [2.75, 3.05) is 0 Å². The van der Waals surface area contributed by atoms with Gasteiger partial charge in [-0.15, -0.1) is 0 Å². The van der Waals surface area contributed by atoms with Gasteiger partial charge in [-0.25, -0.2) is 9.97 Å². The van der Waals surface area contributed by atoms with Gasteiger partial charge in [0.05, 0.1) is 36.9 Å². The van der Waals surface area contributed by atoms with E-state index in [2.05, 4.69) is 20.2 Å². The van der Waals surface area contributed by atoms with Crippen molar-refractivity contribution in [3.8, 4) is 11.1 Å². The monoisotopic (exact) mass is 450 g/mol. The third-order valence-corrected chi connectivity index (χ3v) is 5.50. The fourth-order valence-corrected chi connectivity index (χ4v) is 3.90. The molecule has 0 aliphatic carbocycles. The molecular weight excluding hydrogens is 432 g/mol. The van der Waals surface area contributed by atoms with Gasteiger partial charge in [-0.1, -0.05) is 12.1 Å². The fourth-order valence-electron chi connectivity index (χ4n) is 3.90. The highest BCUT2D eigenvalue weighted by molar-refractivity contribution is 5.59. The molecule has 34 heavy (non-hydrogen) atoms. The van der Waals surface area contributed by atoms with Crippen molar-refractivity contribution in [1.29, 1.82) is 0 Å². The molecule has 0 bridgehead atoms. The van der Waals surface area contributed by atoms with Crippen LogP contribution >= 0.6 is 0 Å². The van der Waals surface area contributed by atoms with Crippen LogP contribution in [0, 0.1) is 0 Å². The first-order chi connectivity index (χ1) is 16.6. The Bertz CT molecular complexity index is 1640. The number of hydrogen-bond acceptors (Lipinski definition) is 6. The second-order valence-corrected chi connectivity index (χ2v) is 7.88. The molecule has 0 fully saturated rings. The Morgan fingerprint density at radius 1 is 0.647 bits per heavy atom. The molecule has 0 saturated heterocycles. The molecule has 0 aromatic carbocycles. The van der Waals surface area contributed by atoms with Gasteiger partial charge in [0.25, 0.3) is 11.1 Å². The van der Waals surface area contributed by atoms with Crippen molar-refractivity contribution in [2.45, 2.75) is 13.1 Å². The minimum absolute atomic E-state index is 0.129. The molecule has 0 aliphatic rings. The van der Waals surface area contributed by atoms with E-state index < -0.39 is 0 Å². The van der Waals surface area contributed by atoms with E-state index in [1.807, 2.05) is 24.5 Å². The van der Waals surface area contributed by atoms with Crippen LogP contribution in [0.1, 0.15) is 11.4 Å². The summed E-state index contributed by atoms with van der Waals surface area (Å²) in [5, 5.41) is 8.82. The SMILES string of the molecule is O=c1cc(Cn2cc(-c3cnn(Cc4cc(=O)n5ccccc5n4)c3)cn2)nc2ccccn12. The van der Waals surface area contributed by atoms with Crippen molar-refractivity contribution in [2.24, 2.45) is 0 Å². The molecule has 0 N–H and O–H groups in total. The summed E-state index contributed by atoms with van der Waals surface area (Å²) in [4.78, 5) is 33.7. The van der Waals surface area contributed by atoms with E-state index in [0.717, 1.165) is 11.1 Å². The van der Waals surface area contributed by atoms with Crippen LogP contribution in [-0.2, 0) is 13.1 Å². The molecule has 6 rings (SSSR count). The summed E-state index contributed by atoms with van der Waals surface area (Å²) < 4.78 is 6.48. The van der Waals surface area contributed by atoms with Crippen molar-refractivity contribution >= 4 is 11.3 Å². The maximum Gasteiger partial charge on any atom is 0.258 e. The van der Waals surface area contributed by atoms with Crippen LogP contribution in [-0.4, -0.2) is 38.3 Å². The highest BCUT2D eigenvalue weighted by atomic mass is 16.1. The molecule has 0 aliphatic heterocycles. The van der Waals surface area contributed by atoms with Gasteiger partial charge in [0.1, 0.15) is 11.3 Å². The lowest BCUT2D eigenvalue weighted by Gasteiger charge is -2.04. The third-order valence-electron chi connectivity index (χ3n) is 5.50. The lowest BCUT2D eigenvalue weighted by Crippen LogP contribution is -2.16. The molecule has 0 amide bonds.